The molecule has 5 atom stereocenters. The van der Waals surface area contributed by atoms with Gasteiger partial charge in [0.25, 0.3) is 0 Å². The number of nitrogens with one attached hydrogen (secondary N) is 1. The summed E-state index contributed by atoms with van der Waals surface area (Å²) in [6.07, 6.45) is 13.2. The van der Waals surface area contributed by atoms with Gasteiger partial charge in [0.2, 0.25) is 0 Å². The highest BCUT2D eigenvalue weighted by Crippen LogP contribution is 2.48. The van der Waals surface area contributed by atoms with Crippen molar-refractivity contribution in [1.82, 2.24) is 10.2 Å². The first-order valence-corrected chi connectivity index (χ1v) is 9.68. The van der Waals surface area contributed by atoms with Crippen molar-refractivity contribution in [1.29, 1.82) is 0 Å². The van der Waals surface area contributed by atoms with Gasteiger partial charge in [-0.1, -0.05) is 26.2 Å². The van der Waals surface area contributed by atoms with Crippen molar-refractivity contribution in [3.63, 3.8) is 0 Å². The molecule has 0 amide bonds. The van der Waals surface area contributed by atoms with E-state index >= 15 is 0 Å². The van der Waals surface area contributed by atoms with Crippen LogP contribution in [0.25, 0.3) is 0 Å². The largest absolute Gasteiger partial charge is 0.314 e. The number of hydrogen-bond donors (Lipinski definition) is 1. The second-order valence-corrected chi connectivity index (χ2v) is 8.26. The summed E-state index contributed by atoms with van der Waals surface area (Å²) in [5, 5.41) is 3.82. The van der Waals surface area contributed by atoms with E-state index in [-0.39, 0.29) is 0 Å². The number of fused-ring (bicyclic) bond motifs is 2. The van der Waals surface area contributed by atoms with Crippen LogP contribution in [-0.2, 0) is 0 Å². The molecule has 0 aromatic heterocycles. The molecule has 2 heteroatoms. The summed E-state index contributed by atoms with van der Waals surface area (Å²) in [6, 6.07) is 0.793. The molecule has 5 unspecified atom stereocenters. The number of rotatable bonds is 7. The molecule has 0 spiro atoms. The van der Waals surface area contributed by atoms with Crippen molar-refractivity contribution in [3.8, 4) is 0 Å². The van der Waals surface area contributed by atoms with Gasteiger partial charge in [-0.3, -0.25) is 0 Å². The lowest BCUT2D eigenvalue weighted by Gasteiger charge is -2.36. The Hall–Kier alpha value is -0.0800. The first-order valence-electron chi connectivity index (χ1n) is 9.68. The average Bonchev–Trinajstić information content (AvgIpc) is 3.09. The van der Waals surface area contributed by atoms with Gasteiger partial charge in [0.1, 0.15) is 0 Å². The van der Waals surface area contributed by atoms with Crippen molar-refractivity contribution < 1.29 is 0 Å². The Balaban J connectivity index is 1.45. The highest BCUT2D eigenvalue weighted by Gasteiger charge is 2.39. The highest BCUT2D eigenvalue weighted by atomic mass is 15.1. The van der Waals surface area contributed by atoms with Crippen LogP contribution in [0.2, 0.25) is 0 Å². The van der Waals surface area contributed by atoms with Gasteiger partial charge in [0, 0.05) is 19.1 Å². The van der Waals surface area contributed by atoms with Gasteiger partial charge in [0.05, 0.1) is 0 Å². The van der Waals surface area contributed by atoms with Crippen LogP contribution in [-0.4, -0.2) is 37.6 Å². The second kappa shape index (κ2) is 7.46. The summed E-state index contributed by atoms with van der Waals surface area (Å²) in [7, 11) is 2.39. The van der Waals surface area contributed by atoms with Crippen molar-refractivity contribution in [3.05, 3.63) is 0 Å². The molecule has 0 aromatic carbocycles. The van der Waals surface area contributed by atoms with Gasteiger partial charge >= 0.3 is 0 Å². The summed E-state index contributed by atoms with van der Waals surface area (Å²) in [4.78, 5) is 2.68. The Bertz CT molecular complexity index is 317. The minimum Gasteiger partial charge on any atom is -0.314 e. The van der Waals surface area contributed by atoms with Gasteiger partial charge < -0.3 is 10.2 Å². The summed E-state index contributed by atoms with van der Waals surface area (Å²) >= 11 is 0. The van der Waals surface area contributed by atoms with E-state index < -0.39 is 0 Å². The van der Waals surface area contributed by atoms with Crippen molar-refractivity contribution in [2.24, 2.45) is 23.7 Å². The highest BCUT2D eigenvalue weighted by molar-refractivity contribution is 4.91. The molecule has 3 rings (SSSR count). The third-order valence-electron chi connectivity index (χ3n) is 6.54. The van der Waals surface area contributed by atoms with Crippen LogP contribution in [0.5, 0.6) is 0 Å². The lowest BCUT2D eigenvalue weighted by molar-refractivity contribution is 0.157. The number of hydrogen-bond acceptors (Lipinski definition) is 2. The molecule has 3 aliphatic rings. The maximum Gasteiger partial charge on any atom is 0.0107 e. The quantitative estimate of drug-likeness (QED) is 0.765. The number of nitrogens with zero attached hydrogens (tertiary/aromatic N) is 1. The molecule has 0 radical (unpaired) electrons. The standard InChI is InChI=1S/C19H36N2/c1-3-10-20-19-7-5-4-6-17(19)13-21(2)14-18-12-15-8-9-16(18)11-15/h15-20H,3-14H2,1-2H3. The SMILES string of the molecule is CCCNC1CCCCC1CN(C)CC1CC2CCC1C2. The van der Waals surface area contributed by atoms with Crippen LogP contribution in [0.4, 0.5) is 0 Å². The average molecular weight is 293 g/mol. The normalized spacial score (nSPS) is 39.3. The lowest BCUT2D eigenvalue weighted by atomic mass is 9.83. The van der Waals surface area contributed by atoms with Crippen LogP contribution < -0.4 is 5.32 Å². The Morgan fingerprint density at radius 1 is 0.952 bits per heavy atom. The summed E-state index contributed by atoms with van der Waals surface area (Å²) < 4.78 is 0. The molecule has 21 heavy (non-hydrogen) atoms. The lowest BCUT2D eigenvalue weighted by Crippen LogP contribution is -2.44. The van der Waals surface area contributed by atoms with E-state index in [2.05, 4.69) is 24.2 Å². The zero-order chi connectivity index (χ0) is 14.7. The molecule has 3 saturated carbocycles. The van der Waals surface area contributed by atoms with Crippen LogP contribution in [0, 0.1) is 23.7 Å². The van der Waals surface area contributed by atoms with Crippen LogP contribution in [0.3, 0.4) is 0 Å². The fourth-order valence-corrected chi connectivity index (χ4v) is 5.50. The third-order valence-corrected chi connectivity index (χ3v) is 6.54. The molecular formula is C19H36N2. The smallest absolute Gasteiger partial charge is 0.0107 e. The van der Waals surface area contributed by atoms with E-state index in [4.69, 9.17) is 0 Å². The maximum absolute atomic E-state index is 3.82. The zero-order valence-electron chi connectivity index (χ0n) is 14.3. The Kier molecular flexibility index (Phi) is 5.61. The van der Waals surface area contributed by atoms with Gasteiger partial charge in [-0.2, -0.15) is 0 Å². The first kappa shape index (κ1) is 15.8. The predicted octanol–water partition coefficient (Wildman–Crippen LogP) is 3.91. The molecule has 0 aromatic rings. The topological polar surface area (TPSA) is 15.3 Å². The van der Waals surface area contributed by atoms with Gasteiger partial charge in [0.15, 0.2) is 0 Å². The van der Waals surface area contributed by atoms with Gasteiger partial charge in [-0.05, 0) is 75.8 Å². The first-order chi connectivity index (χ1) is 10.3. The van der Waals surface area contributed by atoms with E-state index in [0.29, 0.717) is 0 Å². The van der Waals surface area contributed by atoms with Crippen LogP contribution in [0.15, 0.2) is 0 Å². The monoisotopic (exact) mass is 292 g/mol. The van der Waals surface area contributed by atoms with E-state index in [1.807, 2.05) is 0 Å². The van der Waals surface area contributed by atoms with E-state index in [0.717, 1.165) is 29.7 Å². The van der Waals surface area contributed by atoms with Gasteiger partial charge in [-0.25, -0.2) is 0 Å². The van der Waals surface area contributed by atoms with E-state index in [1.54, 1.807) is 6.42 Å². The molecule has 2 bridgehead atoms. The molecule has 3 aliphatic carbocycles. The van der Waals surface area contributed by atoms with Crippen molar-refractivity contribution in [2.75, 3.05) is 26.7 Å². The zero-order valence-corrected chi connectivity index (χ0v) is 14.3. The van der Waals surface area contributed by atoms with Crippen LogP contribution >= 0.6 is 0 Å². The maximum atomic E-state index is 3.82. The van der Waals surface area contributed by atoms with Crippen molar-refractivity contribution in [2.45, 2.75) is 70.8 Å². The summed E-state index contributed by atoms with van der Waals surface area (Å²) in [5.74, 6) is 4.10. The molecule has 2 nitrogen and oxygen atoms in total. The molecule has 0 heterocycles. The van der Waals surface area contributed by atoms with E-state index in [1.165, 1.54) is 71.0 Å². The van der Waals surface area contributed by atoms with Crippen molar-refractivity contribution >= 4 is 0 Å². The summed E-state index contributed by atoms with van der Waals surface area (Å²) in [5.41, 5.74) is 0. The molecule has 122 valence electrons. The molecular weight excluding hydrogens is 256 g/mol. The molecule has 1 N–H and O–H groups in total. The Morgan fingerprint density at radius 2 is 1.76 bits per heavy atom. The van der Waals surface area contributed by atoms with Gasteiger partial charge in [-0.15, -0.1) is 0 Å². The molecule has 3 fully saturated rings. The van der Waals surface area contributed by atoms with E-state index in [9.17, 15) is 0 Å². The predicted molar refractivity (Wildman–Crippen MR) is 90.5 cm³/mol. The minimum absolute atomic E-state index is 0.793. The van der Waals surface area contributed by atoms with Crippen LogP contribution in [0.1, 0.15) is 64.7 Å². The Labute approximate surface area is 132 Å². The fourth-order valence-electron chi connectivity index (χ4n) is 5.50. The second-order valence-electron chi connectivity index (χ2n) is 8.26. The summed E-state index contributed by atoms with van der Waals surface area (Å²) in [6.45, 7) is 6.19. The molecule has 0 saturated heterocycles. The fraction of sp³-hybridized carbons (Fsp3) is 1.00. The Morgan fingerprint density at radius 3 is 2.48 bits per heavy atom. The minimum atomic E-state index is 0.793. The third kappa shape index (κ3) is 4.01. The molecule has 0 aliphatic heterocycles.